The van der Waals surface area contributed by atoms with Gasteiger partial charge in [0.2, 0.25) is 0 Å². The molecule has 1 amide bonds. The van der Waals surface area contributed by atoms with Gasteiger partial charge in [-0.2, -0.15) is 0 Å². The highest BCUT2D eigenvalue weighted by Crippen LogP contribution is 2.32. The number of rotatable bonds is 2. The van der Waals surface area contributed by atoms with Crippen molar-refractivity contribution < 1.29 is 9.90 Å². The van der Waals surface area contributed by atoms with Crippen LogP contribution in [-0.4, -0.2) is 18.1 Å². The number of aromatic hydroxyl groups is 1. The summed E-state index contributed by atoms with van der Waals surface area (Å²) in [6, 6.07) is 2.98. The predicted molar refractivity (Wildman–Crippen MR) is 56.7 cm³/mol. The van der Waals surface area contributed by atoms with Crippen LogP contribution in [0.4, 0.5) is 5.69 Å². The lowest BCUT2D eigenvalue weighted by Gasteiger charge is -2.07. The fraction of sp³-hybridized carbons (Fsp3) is 0.125. The second-order valence-corrected chi connectivity index (χ2v) is 3.36. The maximum atomic E-state index is 11.4. The van der Waals surface area contributed by atoms with E-state index in [0.717, 1.165) is 0 Å². The average molecular weight is 260 g/mol. The first-order chi connectivity index (χ1) is 6.57. The second-order valence-electron chi connectivity index (χ2n) is 2.57. The summed E-state index contributed by atoms with van der Waals surface area (Å²) in [7, 11) is 1.57. The first kappa shape index (κ1) is 10.8. The molecule has 1 aromatic rings. The van der Waals surface area contributed by atoms with Gasteiger partial charge in [-0.3, -0.25) is 10.2 Å². The molecule has 0 spiro atoms. The molecule has 5 N–H and O–H groups in total. The minimum absolute atomic E-state index is 0.131. The van der Waals surface area contributed by atoms with Gasteiger partial charge in [0.15, 0.2) is 5.75 Å². The van der Waals surface area contributed by atoms with Crippen LogP contribution in [0.1, 0.15) is 10.4 Å². The number of amides is 1. The van der Waals surface area contributed by atoms with Crippen LogP contribution in [0.2, 0.25) is 0 Å². The van der Waals surface area contributed by atoms with Crippen molar-refractivity contribution in [1.29, 1.82) is 0 Å². The fourth-order valence-corrected chi connectivity index (χ4v) is 1.48. The maximum absolute atomic E-state index is 11.4. The van der Waals surface area contributed by atoms with Gasteiger partial charge in [0, 0.05) is 7.05 Å². The van der Waals surface area contributed by atoms with Crippen molar-refractivity contribution in [2.24, 2.45) is 0 Å². The molecule has 0 bridgehead atoms. The Bertz CT molecular complexity index is 368. The highest BCUT2D eigenvalue weighted by molar-refractivity contribution is 9.10. The number of benzene rings is 1. The number of anilines is 1. The number of phenolic OH excluding ortho intramolecular Hbond substituents is 1. The number of phenols is 1. The summed E-state index contributed by atoms with van der Waals surface area (Å²) in [5.41, 5.74) is 10.8. The number of hydrogen-bond donors (Lipinski definition) is 4. The number of carbonyl (C=O) groups excluding carboxylic acids is 1. The fourth-order valence-electron chi connectivity index (χ4n) is 0.936. The Morgan fingerprint density at radius 3 is 2.79 bits per heavy atom. The minimum Gasteiger partial charge on any atom is -0.505 e. The summed E-state index contributed by atoms with van der Waals surface area (Å²) >= 11 is 3.08. The lowest BCUT2D eigenvalue weighted by Crippen LogP contribution is -2.34. The minimum atomic E-state index is -0.352. The summed E-state index contributed by atoms with van der Waals surface area (Å²) in [6.45, 7) is 0. The van der Waals surface area contributed by atoms with Gasteiger partial charge in [-0.15, -0.1) is 0 Å². The van der Waals surface area contributed by atoms with Crippen LogP contribution in [0.15, 0.2) is 16.6 Å². The number of hydrazine groups is 1. The maximum Gasteiger partial charge on any atom is 0.266 e. The highest BCUT2D eigenvalue weighted by atomic mass is 79.9. The molecule has 0 aliphatic carbocycles. The Hall–Kier alpha value is -1.27. The van der Waals surface area contributed by atoms with Crippen LogP contribution in [0, 0.1) is 0 Å². The summed E-state index contributed by atoms with van der Waals surface area (Å²) in [5, 5.41) is 9.43. The highest BCUT2D eigenvalue weighted by Gasteiger charge is 2.13. The van der Waals surface area contributed by atoms with Gasteiger partial charge < -0.3 is 10.8 Å². The van der Waals surface area contributed by atoms with Gasteiger partial charge in [0.05, 0.1) is 15.7 Å². The number of nitrogens with two attached hydrogens (primary N) is 1. The lowest BCUT2D eigenvalue weighted by molar-refractivity contribution is 0.0937. The Balaban J connectivity index is 3.11. The monoisotopic (exact) mass is 259 g/mol. The summed E-state index contributed by atoms with van der Waals surface area (Å²) in [5.74, 6) is -0.483. The molecule has 0 heterocycles. The number of nitrogen functional groups attached to an aromatic ring is 1. The van der Waals surface area contributed by atoms with Crippen LogP contribution in [0.3, 0.4) is 0 Å². The molecule has 0 aliphatic heterocycles. The molecule has 14 heavy (non-hydrogen) atoms. The zero-order valence-electron chi connectivity index (χ0n) is 7.47. The molecule has 0 atom stereocenters. The van der Waals surface area contributed by atoms with E-state index >= 15 is 0 Å². The van der Waals surface area contributed by atoms with Gasteiger partial charge in [0.25, 0.3) is 5.91 Å². The van der Waals surface area contributed by atoms with E-state index in [4.69, 9.17) is 5.73 Å². The van der Waals surface area contributed by atoms with Crippen LogP contribution in [0.5, 0.6) is 5.75 Å². The molecule has 1 aromatic carbocycles. The topological polar surface area (TPSA) is 87.4 Å². The Kier molecular flexibility index (Phi) is 3.32. The van der Waals surface area contributed by atoms with Gasteiger partial charge in [-0.05, 0) is 28.1 Å². The number of hydrogen-bond acceptors (Lipinski definition) is 4. The zero-order valence-corrected chi connectivity index (χ0v) is 9.05. The molecule has 0 aliphatic rings. The van der Waals surface area contributed by atoms with Crippen molar-refractivity contribution in [2.45, 2.75) is 0 Å². The molecular weight excluding hydrogens is 250 g/mol. The van der Waals surface area contributed by atoms with E-state index in [9.17, 15) is 9.90 Å². The van der Waals surface area contributed by atoms with Crippen LogP contribution in [0.25, 0.3) is 0 Å². The molecule has 0 radical (unpaired) electrons. The molecule has 0 unspecified atom stereocenters. The molecule has 0 saturated carbocycles. The Morgan fingerprint density at radius 2 is 2.21 bits per heavy atom. The molecule has 1 rings (SSSR count). The number of carbonyl (C=O) groups is 1. The normalized spacial score (nSPS) is 9.86. The molecule has 0 fully saturated rings. The van der Waals surface area contributed by atoms with Crippen molar-refractivity contribution in [3.8, 4) is 5.75 Å². The molecule has 6 heteroatoms. The average Bonchev–Trinajstić information content (AvgIpc) is 2.15. The number of halogens is 1. The van der Waals surface area contributed by atoms with E-state index in [1.165, 1.54) is 12.1 Å². The van der Waals surface area contributed by atoms with Crippen LogP contribution in [-0.2, 0) is 0 Å². The first-order valence-corrected chi connectivity index (χ1v) is 4.61. The van der Waals surface area contributed by atoms with Gasteiger partial charge in [0.1, 0.15) is 0 Å². The smallest absolute Gasteiger partial charge is 0.266 e. The van der Waals surface area contributed by atoms with Gasteiger partial charge in [-0.25, -0.2) is 5.43 Å². The van der Waals surface area contributed by atoms with Crippen LogP contribution >= 0.6 is 15.9 Å². The summed E-state index contributed by atoms with van der Waals surface area (Å²) in [6.07, 6.45) is 0. The first-order valence-electron chi connectivity index (χ1n) is 3.82. The molecule has 76 valence electrons. The molecule has 0 aromatic heterocycles. The van der Waals surface area contributed by atoms with Crippen molar-refractivity contribution in [3.63, 3.8) is 0 Å². The van der Waals surface area contributed by atoms with E-state index in [2.05, 4.69) is 26.8 Å². The Morgan fingerprint density at radius 1 is 1.57 bits per heavy atom. The van der Waals surface area contributed by atoms with Crippen molar-refractivity contribution in [1.82, 2.24) is 10.9 Å². The standard InChI is InChI=1S/C8H10BrN3O2/c1-11-12-8(14)4-2-3-5(10)7(13)6(4)9/h2-3,11,13H,10H2,1H3,(H,12,14). The van der Waals surface area contributed by atoms with E-state index in [1.807, 2.05) is 0 Å². The van der Waals surface area contributed by atoms with E-state index in [-0.39, 0.29) is 21.8 Å². The van der Waals surface area contributed by atoms with Crippen molar-refractivity contribution in [3.05, 3.63) is 22.2 Å². The third kappa shape index (κ3) is 1.97. The van der Waals surface area contributed by atoms with E-state index < -0.39 is 0 Å². The largest absolute Gasteiger partial charge is 0.505 e. The van der Waals surface area contributed by atoms with Crippen molar-refractivity contribution in [2.75, 3.05) is 12.8 Å². The Labute approximate surface area is 89.4 Å². The zero-order chi connectivity index (χ0) is 10.7. The summed E-state index contributed by atoms with van der Waals surface area (Å²) in [4.78, 5) is 11.4. The van der Waals surface area contributed by atoms with Gasteiger partial charge in [-0.1, -0.05) is 0 Å². The van der Waals surface area contributed by atoms with E-state index in [1.54, 1.807) is 7.05 Å². The third-order valence-corrected chi connectivity index (χ3v) is 2.43. The molecule has 0 saturated heterocycles. The second kappa shape index (κ2) is 4.30. The summed E-state index contributed by atoms with van der Waals surface area (Å²) < 4.78 is 0.283. The number of nitrogens with one attached hydrogen (secondary N) is 2. The van der Waals surface area contributed by atoms with Gasteiger partial charge >= 0.3 is 0 Å². The third-order valence-electron chi connectivity index (χ3n) is 1.63. The predicted octanol–water partition coefficient (Wildman–Crippen LogP) is 0.601. The SMILES string of the molecule is CNNC(=O)c1ccc(N)c(O)c1Br. The lowest BCUT2D eigenvalue weighted by atomic mass is 10.2. The van der Waals surface area contributed by atoms with E-state index in [0.29, 0.717) is 5.56 Å². The van der Waals surface area contributed by atoms with Crippen LogP contribution < -0.4 is 16.6 Å². The molecular formula is C8H10BrN3O2. The van der Waals surface area contributed by atoms with Crippen molar-refractivity contribution >= 4 is 27.5 Å². The molecule has 5 nitrogen and oxygen atoms in total. The quantitative estimate of drug-likeness (QED) is 0.356.